The second-order valence-corrected chi connectivity index (χ2v) is 8.59. The molecule has 0 fully saturated rings. The molecular weight excluding hydrogens is 306 g/mol. The summed E-state index contributed by atoms with van der Waals surface area (Å²) < 4.78 is 0. The molecule has 2 heteroatoms. The molecule has 2 rings (SSSR count). The zero-order valence-corrected chi connectivity index (χ0v) is 17.1. The van der Waals surface area contributed by atoms with E-state index in [4.69, 9.17) is 0 Å². The van der Waals surface area contributed by atoms with E-state index in [2.05, 4.69) is 77.7 Å². The molecule has 0 amide bonds. The van der Waals surface area contributed by atoms with Gasteiger partial charge in [0.2, 0.25) is 0 Å². The van der Waals surface area contributed by atoms with Gasteiger partial charge in [0.05, 0.1) is 5.71 Å². The second kappa shape index (κ2) is 7.19. The van der Waals surface area contributed by atoms with Gasteiger partial charge in [0.1, 0.15) is 5.76 Å². The molecule has 0 aromatic heterocycles. The third-order valence-electron chi connectivity index (χ3n) is 4.98. The molecule has 0 aliphatic heterocycles. The summed E-state index contributed by atoms with van der Waals surface area (Å²) in [5.41, 5.74) is 6.71. The number of nitrogens with zero attached hydrogens (tertiary/aromatic N) is 1. The molecule has 1 N–H and O–H groups in total. The molecule has 0 spiro atoms. The van der Waals surface area contributed by atoms with Gasteiger partial charge >= 0.3 is 0 Å². The molecule has 2 nitrogen and oxygen atoms in total. The van der Waals surface area contributed by atoms with E-state index < -0.39 is 0 Å². The van der Waals surface area contributed by atoms with Gasteiger partial charge in [-0.25, -0.2) is 0 Å². The Balaban J connectivity index is 2.91. The predicted molar refractivity (Wildman–Crippen MR) is 110 cm³/mol. The minimum atomic E-state index is -0.0407. The first-order chi connectivity index (χ1) is 11.6. The number of benzene rings is 1. The average Bonchev–Trinajstić information content (AvgIpc) is 2.52. The molecule has 0 radical (unpaired) electrons. The fraction of sp³-hybridized carbons (Fsp3) is 0.522. The van der Waals surface area contributed by atoms with E-state index in [1.54, 1.807) is 7.05 Å². The molecule has 0 bridgehead atoms. The van der Waals surface area contributed by atoms with Crippen LogP contribution in [0.1, 0.15) is 83.4 Å². The molecule has 1 aromatic carbocycles. The zero-order valence-electron chi connectivity index (χ0n) is 17.1. The molecule has 0 atom stereocenters. The quantitative estimate of drug-likeness (QED) is 0.657. The van der Waals surface area contributed by atoms with Crippen molar-refractivity contribution in [2.75, 3.05) is 7.05 Å². The Hall–Kier alpha value is -1.83. The fourth-order valence-electron chi connectivity index (χ4n) is 3.64. The minimum absolute atomic E-state index is 0.0407. The van der Waals surface area contributed by atoms with Gasteiger partial charge in [0.25, 0.3) is 0 Å². The standard InChI is InChI=1S/C23H33NO/c1-14(2)16-10-9-11-17(15(3)4)20(16)21-18(23(5,6)7)12-13-19(24-8)22(21)25/h9-12,14-15,25H,13H2,1-8H3. The van der Waals surface area contributed by atoms with Gasteiger partial charge in [0, 0.05) is 19.0 Å². The number of aliphatic imine (C=N–C) groups is 1. The summed E-state index contributed by atoms with van der Waals surface area (Å²) in [7, 11) is 1.76. The lowest BCUT2D eigenvalue weighted by atomic mass is 9.72. The van der Waals surface area contributed by atoms with Gasteiger partial charge in [-0.15, -0.1) is 0 Å². The van der Waals surface area contributed by atoms with Crippen molar-refractivity contribution in [1.82, 2.24) is 0 Å². The number of rotatable bonds is 3. The summed E-state index contributed by atoms with van der Waals surface area (Å²) in [5.74, 6) is 1.13. The maximum atomic E-state index is 11.1. The Morgan fingerprint density at radius 3 is 1.92 bits per heavy atom. The highest BCUT2D eigenvalue weighted by Crippen LogP contribution is 2.45. The molecule has 25 heavy (non-hydrogen) atoms. The van der Waals surface area contributed by atoms with Crippen molar-refractivity contribution in [1.29, 1.82) is 0 Å². The number of hydrogen-bond donors (Lipinski definition) is 1. The van der Waals surface area contributed by atoms with Crippen LogP contribution in [-0.2, 0) is 0 Å². The first-order valence-corrected chi connectivity index (χ1v) is 9.33. The molecule has 0 unspecified atom stereocenters. The topological polar surface area (TPSA) is 32.6 Å². The van der Waals surface area contributed by atoms with Crippen LogP contribution >= 0.6 is 0 Å². The first kappa shape index (κ1) is 19.5. The lowest BCUT2D eigenvalue weighted by Crippen LogP contribution is -2.21. The van der Waals surface area contributed by atoms with Crippen LogP contribution in [-0.4, -0.2) is 17.9 Å². The van der Waals surface area contributed by atoms with E-state index in [0.29, 0.717) is 24.0 Å². The van der Waals surface area contributed by atoms with Crippen molar-refractivity contribution in [2.45, 2.75) is 66.7 Å². The average molecular weight is 340 g/mol. The van der Waals surface area contributed by atoms with E-state index in [0.717, 1.165) is 11.3 Å². The van der Waals surface area contributed by atoms with Crippen molar-refractivity contribution in [3.05, 3.63) is 52.3 Å². The maximum Gasteiger partial charge on any atom is 0.144 e. The second-order valence-electron chi connectivity index (χ2n) is 8.59. The van der Waals surface area contributed by atoms with E-state index in [1.165, 1.54) is 22.3 Å². The van der Waals surface area contributed by atoms with E-state index in [-0.39, 0.29) is 5.41 Å². The summed E-state index contributed by atoms with van der Waals surface area (Å²) >= 11 is 0. The van der Waals surface area contributed by atoms with Gasteiger partial charge < -0.3 is 5.11 Å². The van der Waals surface area contributed by atoms with E-state index >= 15 is 0 Å². The molecule has 0 saturated heterocycles. The van der Waals surface area contributed by atoms with E-state index in [1.807, 2.05) is 0 Å². The van der Waals surface area contributed by atoms with Crippen LogP contribution in [0.5, 0.6) is 0 Å². The highest BCUT2D eigenvalue weighted by molar-refractivity contribution is 6.10. The first-order valence-electron chi connectivity index (χ1n) is 9.33. The smallest absolute Gasteiger partial charge is 0.144 e. The summed E-state index contributed by atoms with van der Waals surface area (Å²) in [5, 5.41) is 11.1. The van der Waals surface area contributed by atoms with Crippen molar-refractivity contribution < 1.29 is 5.11 Å². The molecule has 0 saturated carbocycles. The summed E-state index contributed by atoms with van der Waals surface area (Å²) in [4.78, 5) is 4.33. The Morgan fingerprint density at radius 2 is 1.52 bits per heavy atom. The third kappa shape index (κ3) is 3.73. The third-order valence-corrected chi connectivity index (χ3v) is 4.98. The minimum Gasteiger partial charge on any atom is -0.505 e. The van der Waals surface area contributed by atoms with E-state index in [9.17, 15) is 5.11 Å². The lowest BCUT2D eigenvalue weighted by Gasteiger charge is -2.33. The summed E-state index contributed by atoms with van der Waals surface area (Å²) in [6.45, 7) is 15.5. The van der Waals surface area contributed by atoms with Crippen molar-refractivity contribution >= 4 is 11.3 Å². The summed E-state index contributed by atoms with van der Waals surface area (Å²) in [6.07, 6.45) is 2.94. The number of hydrogen-bond acceptors (Lipinski definition) is 2. The van der Waals surface area contributed by atoms with Gasteiger partial charge in [-0.3, -0.25) is 4.99 Å². The highest BCUT2D eigenvalue weighted by Gasteiger charge is 2.32. The summed E-state index contributed by atoms with van der Waals surface area (Å²) in [6, 6.07) is 6.54. The highest BCUT2D eigenvalue weighted by atomic mass is 16.3. The molecule has 0 heterocycles. The number of aliphatic hydroxyl groups excluding tert-OH is 1. The van der Waals surface area contributed by atoms with Crippen LogP contribution in [0.4, 0.5) is 0 Å². The normalized spacial score (nSPS) is 17.7. The SMILES string of the molecule is CN=C1CC=C(C(C)(C)C)C(c2c(C(C)C)cccc2C(C)C)=C1O. The number of aliphatic hydroxyl groups is 1. The monoisotopic (exact) mass is 339 g/mol. The lowest BCUT2D eigenvalue weighted by molar-refractivity contribution is 0.437. The maximum absolute atomic E-state index is 11.1. The van der Waals surface area contributed by atoms with Crippen molar-refractivity contribution in [3.63, 3.8) is 0 Å². The molecule has 1 aliphatic rings. The number of allylic oxidation sites excluding steroid dienone is 4. The van der Waals surface area contributed by atoms with Crippen LogP contribution in [0.15, 0.2) is 40.6 Å². The Bertz CT molecular complexity index is 714. The van der Waals surface area contributed by atoms with Crippen LogP contribution < -0.4 is 0 Å². The van der Waals surface area contributed by atoms with Crippen LogP contribution in [0.25, 0.3) is 5.57 Å². The largest absolute Gasteiger partial charge is 0.505 e. The zero-order chi connectivity index (χ0) is 18.9. The van der Waals surface area contributed by atoms with Gasteiger partial charge in [-0.2, -0.15) is 0 Å². The molecular formula is C23H33NO. The van der Waals surface area contributed by atoms with Crippen molar-refractivity contribution in [2.24, 2.45) is 10.4 Å². The Morgan fingerprint density at radius 1 is 1.00 bits per heavy atom. The van der Waals surface area contributed by atoms with Gasteiger partial charge in [-0.1, -0.05) is 72.7 Å². The van der Waals surface area contributed by atoms with Crippen molar-refractivity contribution in [3.8, 4) is 0 Å². The molecule has 136 valence electrons. The van der Waals surface area contributed by atoms with Crippen LogP contribution in [0.3, 0.4) is 0 Å². The molecule has 1 aromatic rings. The fourth-order valence-corrected chi connectivity index (χ4v) is 3.64. The molecule has 1 aliphatic carbocycles. The predicted octanol–water partition coefficient (Wildman–Crippen LogP) is 6.65. The van der Waals surface area contributed by atoms with Gasteiger partial charge in [-0.05, 0) is 39.5 Å². The van der Waals surface area contributed by atoms with Crippen LogP contribution in [0.2, 0.25) is 0 Å². The van der Waals surface area contributed by atoms with Gasteiger partial charge in [0.15, 0.2) is 0 Å². The Kier molecular flexibility index (Phi) is 5.61. The Labute approximate surface area is 153 Å². The van der Waals surface area contributed by atoms with Crippen LogP contribution in [0, 0.1) is 5.41 Å².